The van der Waals surface area contributed by atoms with Crippen molar-refractivity contribution in [1.82, 2.24) is 29.3 Å². The van der Waals surface area contributed by atoms with Crippen LogP contribution in [0.15, 0.2) is 49.1 Å². The Kier molecular flexibility index (Phi) is 6.26. The van der Waals surface area contributed by atoms with Gasteiger partial charge in [-0.15, -0.1) is 0 Å². The van der Waals surface area contributed by atoms with Gasteiger partial charge in [-0.3, -0.25) is 14.3 Å². The molecule has 0 fully saturated rings. The second-order valence-corrected chi connectivity index (χ2v) is 7.94. The van der Waals surface area contributed by atoms with E-state index in [1.54, 1.807) is 57.0 Å². The Morgan fingerprint density at radius 1 is 1.29 bits per heavy atom. The van der Waals surface area contributed by atoms with Gasteiger partial charge in [0.05, 0.1) is 11.9 Å². The molecule has 11 heteroatoms. The maximum atomic E-state index is 13.7. The van der Waals surface area contributed by atoms with E-state index in [1.165, 1.54) is 27.2 Å². The van der Waals surface area contributed by atoms with Crippen LogP contribution < -0.4 is 10.1 Å². The lowest BCUT2D eigenvalue weighted by Gasteiger charge is -2.13. The highest BCUT2D eigenvalue weighted by Crippen LogP contribution is 2.36. The molecule has 1 N–H and O–H groups in total. The van der Waals surface area contributed by atoms with Crippen molar-refractivity contribution in [3.05, 3.63) is 60.2 Å². The van der Waals surface area contributed by atoms with Gasteiger partial charge in [0.25, 0.3) is 5.91 Å². The summed E-state index contributed by atoms with van der Waals surface area (Å²) in [7, 11) is 3.28. The number of hydrogen-bond acceptors (Lipinski definition) is 6. The third-order valence-electron chi connectivity index (χ3n) is 5.01. The zero-order chi connectivity index (χ0) is 24.4. The summed E-state index contributed by atoms with van der Waals surface area (Å²) >= 11 is 0. The van der Waals surface area contributed by atoms with E-state index in [9.17, 15) is 14.0 Å². The first-order chi connectivity index (χ1) is 16.2. The van der Waals surface area contributed by atoms with Crippen molar-refractivity contribution >= 4 is 23.1 Å². The van der Waals surface area contributed by atoms with Crippen LogP contribution >= 0.6 is 0 Å². The summed E-state index contributed by atoms with van der Waals surface area (Å²) in [6.07, 6.45) is 4.67. The molecule has 4 rings (SSSR count). The number of anilines is 1. The Labute approximate surface area is 195 Å². The van der Waals surface area contributed by atoms with Crippen LogP contribution in [0.3, 0.4) is 0 Å². The molecule has 3 aromatic heterocycles. The predicted octanol–water partition coefficient (Wildman–Crippen LogP) is 2.94. The Morgan fingerprint density at radius 2 is 2.09 bits per heavy atom. The average molecular weight is 465 g/mol. The molecule has 176 valence electrons. The second kappa shape index (κ2) is 9.30. The Bertz CT molecular complexity index is 1360. The van der Waals surface area contributed by atoms with Crippen molar-refractivity contribution in [3.63, 3.8) is 0 Å². The van der Waals surface area contributed by atoms with Crippen LogP contribution in [-0.4, -0.2) is 61.5 Å². The number of nitrogens with one attached hydrogen (secondary N) is 1. The third-order valence-corrected chi connectivity index (χ3v) is 5.01. The molecule has 0 aliphatic carbocycles. The number of nitrogens with zero attached hydrogens (tertiary/aromatic N) is 6. The monoisotopic (exact) mass is 465 g/mol. The number of halogens is 1. The molecule has 4 aromatic rings. The van der Waals surface area contributed by atoms with E-state index in [0.717, 1.165) is 5.56 Å². The smallest absolute Gasteiger partial charge is 0.261 e. The quantitative estimate of drug-likeness (QED) is 0.450. The third kappa shape index (κ3) is 4.72. The summed E-state index contributed by atoms with van der Waals surface area (Å²) in [5, 5.41) is 11.5. The maximum Gasteiger partial charge on any atom is 0.261 e. The fourth-order valence-corrected chi connectivity index (χ4v) is 3.36. The molecule has 0 saturated heterocycles. The second-order valence-electron chi connectivity index (χ2n) is 7.94. The summed E-state index contributed by atoms with van der Waals surface area (Å²) in [6, 6.07) is 6.92. The Hall–Kier alpha value is -4.28. The summed E-state index contributed by atoms with van der Waals surface area (Å²) in [4.78, 5) is 31.1. The van der Waals surface area contributed by atoms with Gasteiger partial charge in [0, 0.05) is 45.2 Å². The van der Waals surface area contributed by atoms with Crippen molar-refractivity contribution < 1.29 is 18.7 Å². The minimum Gasteiger partial charge on any atom is -0.460 e. The molecule has 0 aliphatic rings. The Morgan fingerprint density at radius 3 is 2.82 bits per heavy atom. The molecule has 0 spiro atoms. The minimum atomic E-state index is -1.55. The van der Waals surface area contributed by atoms with E-state index in [-0.39, 0.29) is 23.8 Å². The molecule has 0 bridgehead atoms. The van der Waals surface area contributed by atoms with Gasteiger partial charge in [-0.25, -0.2) is 13.9 Å². The van der Waals surface area contributed by atoms with Crippen LogP contribution in [-0.2, 0) is 11.3 Å². The van der Waals surface area contributed by atoms with Gasteiger partial charge in [-0.1, -0.05) is 11.6 Å². The number of amides is 2. The molecule has 10 nitrogen and oxygen atoms in total. The van der Waals surface area contributed by atoms with Gasteiger partial charge in [-0.2, -0.15) is 10.2 Å². The van der Waals surface area contributed by atoms with Crippen molar-refractivity contribution in [1.29, 1.82) is 0 Å². The number of likely N-dealkylation sites (N-methyl/N-ethyl adjacent to an activating group) is 1. The highest BCUT2D eigenvalue weighted by molar-refractivity contribution is 6.09. The lowest BCUT2D eigenvalue weighted by Crippen LogP contribution is -2.26. The maximum absolute atomic E-state index is 13.7. The largest absolute Gasteiger partial charge is 0.460 e. The van der Waals surface area contributed by atoms with E-state index >= 15 is 0 Å². The normalized spacial score (nSPS) is 11.9. The lowest BCUT2D eigenvalue weighted by atomic mass is 10.1. The number of fused-ring (bicyclic) bond motifs is 1. The first-order valence-electron chi connectivity index (χ1n) is 10.5. The number of carbonyl (C=O) groups is 2. The van der Waals surface area contributed by atoms with Crippen molar-refractivity contribution in [2.75, 3.05) is 19.4 Å². The fourth-order valence-electron chi connectivity index (χ4n) is 3.36. The molecule has 3 heterocycles. The number of aromatic nitrogens is 5. The molecule has 0 radical (unpaired) electrons. The molecule has 1 atom stereocenters. The number of alkyl halides is 1. The molecule has 1 unspecified atom stereocenters. The topological polar surface area (TPSA) is 107 Å². The van der Waals surface area contributed by atoms with E-state index in [4.69, 9.17) is 4.74 Å². The van der Waals surface area contributed by atoms with E-state index < -0.39 is 12.3 Å². The van der Waals surface area contributed by atoms with E-state index in [1.807, 2.05) is 6.92 Å². The summed E-state index contributed by atoms with van der Waals surface area (Å²) in [5.41, 5.74) is 2.69. The molecule has 0 aliphatic heterocycles. The fraction of sp³-hybridized carbons (Fsp3) is 0.261. The summed E-state index contributed by atoms with van der Waals surface area (Å²) < 4.78 is 22.0. The summed E-state index contributed by atoms with van der Waals surface area (Å²) in [5.74, 6) is -0.378. The number of hydrogen-bond donors (Lipinski definition) is 1. The first-order valence-corrected chi connectivity index (χ1v) is 10.5. The van der Waals surface area contributed by atoms with Crippen LogP contribution in [0.4, 0.5) is 10.1 Å². The van der Waals surface area contributed by atoms with Gasteiger partial charge >= 0.3 is 0 Å². The molecular formula is C23H24FN7O3. The predicted molar refractivity (Wildman–Crippen MR) is 123 cm³/mol. The highest BCUT2D eigenvalue weighted by atomic mass is 19.1. The Balaban J connectivity index is 1.77. The van der Waals surface area contributed by atoms with Gasteiger partial charge in [0.15, 0.2) is 5.65 Å². The van der Waals surface area contributed by atoms with Crippen LogP contribution in [0, 0.1) is 6.92 Å². The zero-order valence-electron chi connectivity index (χ0n) is 19.2. The van der Waals surface area contributed by atoms with Crippen LogP contribution in [0.1, 0.15) is 22.8 Å². The van der Waals surface area contributed by atoms with Crippen molar-refractivity contribution in [2.24, 2.45) is 0 Å². The van der Waals surface area contributed by atoms with E-state index in [2.05, 4.69) is 20.5 Å². The molecular weight excluding hydrogens is 441 g/mol. The zero-order valence-corrected chi connectivity index (χ0v) is 19.2. The first kappa shape index (κ1) is 22.9. The molecule has 34 heavy (non-hydrogen) atoms. The van der Waals surface area contributed by atoms with Crippen LogP contribution in [0.2, 0.25) is 0 Å². The molecule has 2 amide bonds. The minimum absolute atomic E-state index is 0.0460. The summed E-state index contributed by atoms with van der Waals surface area (Å²) in [6.45, 7) is 3.11. The van der Waals surface area contributed by atoms with Crippen LogP contribution in [0.5, 0.6) is 5.75 Å². The SMILES string of the molecule is Cc1ccc(OC(C)F)c(-c2nn(CC(=O)N(C)C)cc2NC(=O)c2cnn3cccnc23)c1. The number of ether oxygens (including phenoxy) is 1. The van der Waals surface area contributed by atoms with Crippen molar-refractivity contribution in [2.45, 2.75) is 26.7 Å². The van der Waals surface area contributed by atoms with Crippen molar-refractivity contribution in [3.8, 4) is 17.0 Å². The average Bonchev–Trinajstić information content (AvgIpc) is 3.38. The molecule has 0 saturated carbocycles. The number of rotatable bonds is 7. The highest BCUT2D eigenvalue weighted by Gasteiger charge is 2.22. The van der Waals surface area contributed by atoms with Gasteiger partial charge in [0.1, 0.15) is 23.6 Å². The molecule has 1 aromatic carbocycles. The standard InChI is InChI=1S/C23H24FN7O3/c1-14-6-7-19(34-15(2)24)16(10-14)21-18(12-30(28-21)13-20(32)29(3)4)27-23(33)17-11-26-31-9-5-8-25-22(17)31/h5-12,15H,13H2,1-4H3,(H,27,33). The number of aryl methyl sites for hydroxylation is 1. The number of carbonyl (C=O) groups excluding carboxylic acids is 2. The van der Waals surface area contributed by atoms with Gasteiger partial charge < -0.3 is 15.0 Å². The van der Waals surface area contributed by atoms with Gasteiger partial charge in [0.2, 0.25) is 12.3 Å². The van der Waals surface area contributed by atoms with Gasteiger partial charge in [-0.05, 0) is 25.1 Å². The number of benzene rings is 1. The van der Waals surface area contributed by atoms with E-state index in [0.29, 0.717) is 22.6 Å². The van der Waals surface area contributed by atoms with Crippen LogP contribution in [0.25, 0.3) is 16.9 Å². The lowest BCUT2D eigenvalue weighted by molar-refractivity contribution is -0.129.